The predicted octanol–water partition coefficient (Wildman–Crippen LogP) is 6.98. The Hall–Kier alpha value is 1.34. The Morgan fingerprint density at radius 1 is 0.818 bits per heavy atom. The minimum absolute atomic E-state index is 0. The predicted molar refractivity (Wildman–Crippen MR) is 109 cm³/mol. The van der Waals surface area contributed by atoms with Crippen LogP contribution in [0.1, 0.15) is 34.6 Å². The maximum atomic E-state index is 4.82. The number of halogens is 2. The molecule has 6 heteroatoms. The fourth-order valence-corrected chi connectivity index (χ4v) is 10.5. The SMILES string of the molecule is CC1=[C-]C(C)(C)C(C)=C1C.C[Si](C)(C)[N-][Si](C)(C)C.Cl.Cl.[Zr+2]. The molecule has 1 aliphatic rings. The molecule has 0 unspecified atom stereocenters. The minimum Gasteiger partial charge on any atom is -0.668 e. The van der Waals surface area contributed by atoms with Crippen LogP contribution in [0, 0.1) is 11.5 Å². The summed E-state index contributed by atoms with van der Waals surface area (Å²) in [5.74, 6) is 0. The molecule has 0 fully saturated rings. The second-order valence-electron chi connectivity index (χ2n) is 8.08. The van der Waals surface area contributed by atoms with Crippen LogP contribution in [0.25, 0.3) is 4.65 Å². The van der Waals surface area contributed by atoms with Crippen LogP contribution in [-0.2, 0) is 26.2 Å². The maximum absolute atomic E-state index is 4.82. The van der Waals surface area contributed by atoms with Crippen LogP contribution in [0.4, 0.5) is 0 Å². The number of allylic oxidation sites excluding steroid dienone is 4. The summed E-state index contributed by atoms with van der Waals surface area (Å²) in [6.07, 6.45) is 3.44. The van der Waals surface area contributed by atoms with E-state index in [0.717, 1.165) is 0 Å². The van der Waals surface area contributed by atoms with Crippen molar-refractivity contribution in [3.8, 4) is 0 Å². The second kappa shape index (κ2) is 11.0. The van der Waals surface area contributed by atoms with Gasteiger partial charge < -0.3 is 4.65 Å². The van der Waals surface area contributed by atoms with Gasteiger partial charge in [-0.1, -0.05) is 88.9 Å². The van der Waals surface area contributed by atoms with Gasteiger partial charge in [0.15, 0.2) is 0 Å². The Bertz CT molecular complexity index is 380. The average Bonchev–Trinajstić information content (AvgIpc) is 2.24. The molecular weight excluding hydrogens is 424 g/mol. The van der Waals surface area contributed by atoms with Crippen molar-refractivity contribution in [2.24, 2.45) is 5.41 Å². The van der Waals surface area contributed by atoms with Crippen LogP contribution >= 0.6 is 24.8 Å². The Balaban J connectivity index is -0.000000130. The van der Waals surface area contributed by atoms with Crippen molar-refractivity contribution in [2.75, 3.05) is 0 Å². The first kappa shape index (κ1) is 31.1. The molecule has 0 saturated heterocycles. The Morgan fingerprint density at radius 2 is 1.14 bits per heavy atom. The van der Waals surface area contributed by atoms with Gasteiger partial charge >= 0.3 is 26.2 Å². The molecule has 0 saturated carbocycles. The van der Waals surface area contributed by atoms with Crippen LogP contribution < -0.4 is 0 Å². The van der Waals surface area contributed by atoms with E-state index in [0.29, 0.717) is 0 Å². The molecule has 0 aromatic rings. The van der Waals surface area contributed by atoms with E-state index >= 15 is 0 Å². The molecule has 0 amide bonds. The molecule has 0 aromatic carbocycles. The van der Waals surface area contributed by atoms with E-state index in [9.17, 15) is 0 Å². The molecule has 1 rings (SSSR count). The van der Waals surface area contributed by atoms with E-state index in [1.165, 1.54) is 16.7 Å². The topological polar surface area (TPSA) is 14.1 Å². The van der Waals surface area contributed by atoms with Gasteiger partial charge in [-0.3, -0.25) is 6.08 Å². The van der Waals surface area contributed by atoms with Gasteiger partial charge in [0.2, 0.25) is 0 Å². The molecule has 1 aliphatic carbocycles. The van der Waals surface area contributed by atoms with Gasteiger partial charge in [0.25, 0.3) is 0 Å². The van der Waals surface area contributed by atoms with Crippen LogP contribution in [0.15, 0.2) is 16.7 Å². The standard InChI is InChI=1S/C10H15.C6H18NSi2.2ClH.Zr/c1-7-6-10(4,5)9(3)8(7)2;1-8(2,3)7-9(4,5)6;;;/h1-5H3;1-6H3;2*1H;/q2*-1;;;+2. The summed E-state index contributed by atoms with van der Waals surface area (Å²) in [6, 6.07) is 0. The molecule has 0 spiro atoms. The first-order valence-electron chi connectivity index (χ1n) is 7.20. The molecule has 1 nitrogen and oxygen atoms in total. The summed E-state index contributed by atoms with van der Waals surface area (Å²) >= 11 is 0. The smallest absolute Gasteiger partial charge is 0.668 e. The van der Waals surface area contributed by atoms with Crippen LogP contribution in [0.5, 0.6) is 0 Å². The van der Waals surface area contributed by atoms with Crippen molar-refractivity contribution < 1.29 is 26.2 Å². The summed E-state index contributed by atoms with van der Waals surface area (Å²) in [5.41, 5.74) is 4.39. The zero-order valence-electron chi connectivity index (χ0n) is 16.3. The van der Waals surface area contributed by atoms with Gasteiger partial charge in [-0.2, -0.15) is 11.1 Å². The van der Waals surface area contributed by atoms with E-state index in [2.05, 4.69) is 80.0 Å². The molecule has 0 aliphatic heterocycles. The van der Waals surface area contributed by atoms with Gasteiger partial charge in [0.05, 0.1) is 0 Å². The molecule has 0 radical (unpaired) electrons. The summed E-state index contributed by atoms with van der Waals surface area (Å²) < 4.78 is 4.82. The van der Waals surface area contributed by atoms with E-state index in [1.807, 2.05) is 0 Å². The quantitative estimate of drug-likeness (QED) is 0.312. The first-order chi connectivity index (χ1) is 8.16. The number of hydrogen-bond donors (Lipinski definition) is 0. The average molecular weight is 460 g/mol. The Morgan fingerprint density at radius 3 is 1.18 bits per heavy atom. The van der Waals surface area contributed by atoms with Gasteiger partial charge in [0.1, 0.15) is 0 Å². The molecular formula is C16H35Cl2NSi2Zr. The zero-order valence-corrected chi connectivity index (χ0v) is 22.4. The Kier molecular flexibility index (Phi) is 15.6. The molecule has 22 heavy (non-hydrogen) atoms. The van der Waals surface area contributed by atoms with E-state index in [-0.39, 0.29) is 56.4 Å². The number of rotatable bonds is 2. The van der Waals surface area contributed by atoms with Crippen molar-refractivity contribution in [3.05, 3.63) is 27.4 Å². The van der Waals surface area contributed by atoms with Crippen molar-refractivity contribution in [1.29, 1.82) is 0 Å². The van der Waals surface area contributed by atoms with Gasteiger partial charge in [0, 0.05) is 0 Å². The number of hydrogen-bond acceptors (Lipinski definition) is 0. The third-order valence-electron chi connectivity index (χ3n) is 3.23. The van der Waals surface area contributed by atoms with Crippen molar-refractivity contribution in [1.82, 2.24) is 0 Å². The minimum atomic E-state index is -1.11. The fraction of sp³-hybridized carbons (Fsp3) is 0.750. The molecule has 0 aromatic heterocycles. The third kappa shape index (κ3) is 12.7. The van der Waals surface area contributed by atoms with Crippen molar-refractivity contribution in [3.63, 3.8) is 0 Å². The third-order valence-corrected chi connectivity index (χ3v) is 8.60. The largest absolute Gasteiger partial charge is 2.00 e. The van der Waals surface area contributed by atoms with Crippen molar-refractivity contribution >= 4 is 41.3 Å². The Labute approximate surface area is 173 Å². The molecule has 0 bridgehead atoms. The molecule has 130 valence electrons. The normalized spacial score (nSPS) is 16.4. The van der Waals surface area contributed by atoms with Crippen LogP contribution in [0.3, 0.4) is 0 Å². The zero-order chi connectivity index (χ0) is 15.6. The van der Waals surface area contributed by atoms with Crippen molar-refractivity contribution in [2.45, 2.75) is 73.9 Å². The molecule has 0 atom stereocenters. The fourth-order valence-electron chi connectivity index (χ4n) is 2.41. The van der Waals surface area contributed by atoms with E-state index in [4.69, 9.17) is 4.65 Å². The summed E-state index contributed by atoms with van der Waals surface area (Å²) in [5, 5.41) is 0. The second-order valence-corrected chi connectivity index (χ2v) is 17.7. The van der Waals surface area contributed by atoms with E-state index in [1.54, 1.807) is 0 Å². The monoisotopic (exact) mass is 457 g/mol. The molecule has 0 heterocycles. The summed E-state index contributed by atoms with van der Waals surface area (Å²) in [4.78, 5) is 0. The van der Waals surface area contributed by atoms with Crippen LogP contribution in [0.2, 0.25) is 39.3 Å². The molecule has 0 N–H and O–H groups in total. The van der Waals surface area contributed by atoms with Crippen LogP contribution in [-0.4, -0.2) is 16.5 Å². The van der Waals surface area contributed by atoms with Gasteiger partial charge in [-0.05, 0) is 0 Å². The summed E-state index contributed by atoms with van der Waals surface area (Å²) in [6.45, 7) is 24.7. The van der Waals surface area contributed by atoms with Gasteiger partial charge in [-0.25, -0.2) is 5.57 Å². The van der Waals surface area contributed by atoms with E-state index < -0.39 is 16.5 Å². The summed E-state index contributed by atoms with van der Waals surface area (Å²) in [7, 11) is -2.21. The number of nitrogens with zero attached hydrogens (tertiary/aromatic N) is 1. The van der Waals surface area contributed by atoms with Gasteiger partial charge in [-0.15, -0.1) is 31.7 Å². The maximum Gasteiger partial charge on any atom is 2.00 e. The first-order valence-corrected chi connectivity index (χ1v) is 14.1.